The highest BCUT2D eigenvalue weighted by Gasteiger charge is 2.13. The largest absolute Gasteiger partial charge is 0.395 e. The molecule has 0 aliphatic carbocycles. The molecule has 0 aliphatic heterocycles. The van der Waals surface area contributed by atoms with Crippen LogP contribution in [-0.2, 0) is 9.84 Å². The van der Waals surface area contributed by atoms with Crippen molar-refractivity contribution in [3.05, 3.63) is 59.7 Å². The van der Waals surface area contributed by atoms with Crippen LogP contribution in [0.2, 0.25) is 0 Å². The number of benzene rings is 2. The molecule has 40 heavy (non-hydrogen) atoms. The molecule has 224 valence electrons. The van der Waals surface area contributed by atoms with E-state index in [4.69, 9.17) is 5.11 Å². The van der Waals surface area contributed by atoms with E-state index >= 15 is 0 Å². The number of rotatable bonds is 23. The quantitative estimate of drug-likeness (QED) is 0.107. The minimum Gasteiger partial charge on any atom is -0.395 e. The van der Waals surface area contributed by atoms with Crippen LogP contribution in [0.3, 0.4) is 0 Å². The van der Waals surface area contributed by atoms with Crippen molar-refractivity contribution in [1.82, 2.24) is 0 Å². The average molecular weight is 570 g/mol. The highest BCUT2D eigenvalue weighted by Crippen LogP contribution is 2.19. The molecule has 2 rings (SSSR count). The second kappa shape index (κ2) is 20.7. The van der Waals surface area contributed by atoms with Gasteiger partial charge in [-0.2, -0.15) is 0 Å². The molecule has 0 saturated heterocycles. The van der Waals surface area contributed by atoms with Gasteiger partial charge in [0.2, 0.25) is 0 Å². The van der Waals surface area contributed by atoms with Crippen LogP contribution in [0.15, 0.2) is 53.4 Å². The summed E-state index contributed by atoms with van der Waals surface area (Å²) in [5.41, 5.74) is 3.11. The summed E-state index contributed by atoms with van der Waals surface area (Å²) in [5, 5.41) is 9.08. The molecule has 0 heterocycles. The lowest BCUT2D eigenvalue weighted by atomic mass is 10.0. The van der Waals surface area contributed by atoms with Gasteiger partial charge in [0.05, 0.1) is 17.3 Å². The maximum absolute atomic E-state index is 12.8. The van der Waals surface area contributed by atoms with Crippen LogP contribution in [0, 0.1) is 0 Å². The van der Waals surface area contributed by atoms with Crippen molar-refractivity contribution in [2.45, 2.75) is 115 Å². The normalized spacial score (nSPS) is 11.9. The highest BCUT2D eigenvalue weighted by molar-refractivity contribution is 7.91. The molecule has 0 atom stereocenters. The van der Waals surface area contributed by atoms with Gasteiger partial charge in [0, 0.05) is 19.3 Å². The van der Waals surface area contributed by atoms with Crippen LogP contribution in [-0.4, -0.2) is 39.5 Å². The molecule has 0 unspecified atom stereocenters. The van der Waals surface area contributed by atoms with E-state index in [2.05, 4.69) is 6.92 Å². The number of aliphatic hydroxyl groups excluding tert-OH is 1. The van der Waals surface area contributed by atoms with Gasteiger partial charge in [-0.05, 0) is 41.8 Å². The van der Waals surface area contributed by atoms with E-state index in [1.807, 2.05) is 60.5 Å². The molecule has 0 spiro atoms. The molecule has 5 heteroatoms. The Morgan fingerprint density at radius 1 is 0.625 bits per heavy atom. The number of likely N-dealkylation sites (N-methyl/N-ethyl adjacent to an activating group) is 1. The number of hydrogen-bond donors (Lipinski definition) is 1. The number of anilines is 1. The third-order valence-electron chi connectivity index (χ3n) is 7.74. The number of sulfone groups is 1. The van der Waals surface area contributed by atoms with Crippen molar-refractivity contribution in [1.29, 1.82) is 0 Å². The zero-order valence-corrected chi connectivity index (χ0v) is 26.1. The lowest BCUT2D eigenvalue weighted by Crippen LogP contribution is -2.20. The minimum absolute atomic E-state index is 0.128. The lowest BCUT2D eigenvalue weighted by Gasteiger charge is -2.17. The van der Waals surface area contributed by atoms with Crippen LogP contribution >= 0.6 is 0 Å². The van der Waals surface area contributed by atoms with Crippen molar-refractivity contribution in [2.75, 3.05) is 30.9 Å². The maximum Gasteiger partial charge on any atom is 0.178 e. The zero-order chi connectivity index (χ0) is 28.9. The topological polar surface area (TPSA) is 57.6 Å². The van der Waals surface area contributed by atoms with Crippen LogP contribution in [0.4, 0.5) is 5.69 Å². The molecule has 0 bridgehead atoms. The van der Waals surface area contributed by atoms with Crippen molar-refractivity contribution in [2.24, 2.45) is 0 Å². The second-order valence-electron chi connectivity index (χ2n) is 11.3. The number of aliphatic hydroxyl groups is 1. The Hall–Kier alpha value is -2.11. The first kappa shape index (κ1) is 34.1. The smallest absolute Gasteiger partial charge is 0.178 e. The highest BCUT2D eigenvalue weighted by atomic mass is 32.2. The molecule has 0 amide bonds. The number of unbranched alkanes of at least 4 members (excludes halogenated alkanes) is 15. The average Bonchev–Trinajstić information content (AvgIpc) is 2.96. The third kappa shape index (κ3) is 14.5. The Balaban J connectivity index is 1.57. The fourth-order valence-corrected chi connectivity index (χ4v) is 6.43. The first-order valence-electron chi connectivity index (χ1n) is 15.9. The van der Waals surface area contributed by atoms with E-state index in [9.17, 15) is 8.42 Å². The van der Waals surface area contributed by atoms with Crippen LogP contribution in [0.1, 0.15) is 121 Å². The van der Waals surface area contributed by atoms with Gasteiger partial charge in [0.1, 0.15) is 0 Å². The molecule has 0 radical (unpaired) electrons. The summed E-state index contributed by atoms with van der Waals surface area (Å²) < 4.78 is 25.5. The Labute approximate surface area is 245 Å². The van der Waals surface area contributed by atoms with E-state index in [1.54, 1.807) is 12.1 Å². The van der Waals surface area contributed by atoms with Gasteiger partial charge >= 0.3 is 0 Å². The van der Waals surface area contributed by atoms with E-state index in [0.717, 1.165) is 36.1 Å². The molecule has 0 aliphatic rings. The Morgan fingerprint density at radius 3 is 1.45 bits per heavy atom. The Bertz CT molecular complexity index is 1030. The van der Waals surface area contributed by atoms with Crippen LogP contribution in [0.5, 0.6) is 0 Å². The fourth-order valence-electron chi connectivity index (χ4n) is 5.06. The lowest BCUT2D eigenvalue weighted by molar-refractivity contribution is 0.304. The van der Waals surface area contributed by atoms with E-state index in [-0.39, 0.29) is 12.4 Å². The predicted octanol–water partition coefficient (Wildman–Crippen LogP) is 9.32. The summed E-state index contributed by atoms with van der Waals surface area (Å²) in [6.07, 6.45) is 24.6. The molecule has 4 nitrogen and oxygen atoms in total. The fraction of sp³-hybridized carbons (Fsp3) is 0.600. The molecule has 0 aromatic heterocycles. The summed E-state index contributed by atoms with van der Waals surface area (Å²) >= 11 is 0. The van der Waals surface area contributed by atoms with Gasteiger partial charge in [-0.1, -0.05) is 140 Å². The Morgan fingerprint density at radius 2 is 1.02 bits per heavy atom. The van der Waals surface area contributed by atoms with E-state index in [1.165, 1.54) is 83.5 Å². The van der Waals surface area contributed by atoms with Gasteiger partial charge in [-0.3, -0.25) is 0 Å². The van der Waals surface area contributed by atoms with Crippen molar-refractivity contribution in [3.63, 3.8) is 0 Å². The standard InChI is InChI=1S/C35H55NO3S/c1-3-4-5-6-7-8-9-10-11-12-13-14-15-16-17-18-31-40(38,39)35-27-23-33(24-28-35)20-19-32-21-25-34(26-22-32)36(2)29-30-37/h19-28,37H,3-18,29-31H2,1-2H3. The maximum atomic E-state index is 12.8. The van der Waals surface area contributed by atoms with Gasteiger partial charge in [-0.15, -0.1) is 0 Å². The summed E-state index contributed by atoms with van der Waals surface area (Å²) in [4.78, 5) is 2.42. The van der Waals surface area contributed by atoms with Crippen molar-refractivity contribution < 1.29 is 13.5 Å². The summed E-state index contributed by atoms with van der Waals surface area (Å²) in [5.74, 6) is 0.234. The van der Waals surface area contributed by atoms with Crippen molar-refractivity contribution >= 4 is 27.7 Å². The minimum atomic E-state index is -3.23. The molecular formula is C35H55NO3S. The number of hydrogen-bond acceptors (Lipinski definition) is 4. The molecule has 2 aromatic carbocycles. The molecule has 1 N–H and O–H groups in total. The predicted molar refractivity (Wildman–Crippen MR) is 174 cm³/mol. The van der Waals surface area contributed by atoms with Gasteiger partial charge in [-0.25, -0.2) is 8.42 Å². The molecule has 0 saturated carbocycles. The summed E-state index contributed by atoms with van der Waals surface area (Å²) in [6.45, 7) is 3.00. The summed E-state index contributed by atoms with van der Waals surface area (Å²) in [6, 6.07) is 15.4. The number of nitrogens with zero attached hydrogens (tertiary/aromatic N) is 1. The van der Waals surface area contributed by atoms with E-state index in [0.29, 0.717) is 11.4 Å². The SMILES string of the molecule is CCCCCCCCCCCCCCCCCCS(=O)(=O)c1ccc(C=Cc2ccc(N(C)CCO)cc2)cc1. The van der Waals surface area contributed by atoms with Gasteiger partial charge in [0.25, 0.3) is 0 Å². The molecule has 2 aromatic rings. The second-order valence-corrected chi connectivity index (χ2v) is 13.4. The van der Waals surface area contributed by atoms with Crippen LogP contribution in [0.25, 0.3) is 12.2 Å². The van der Waals surface area contributed by atoms with Crippen molar-refractivity contribution in [3.8, 4) is 0 Å². The monoisotopic (exact) mass is 569 g/mol. The molecular weight excluding hydrogens is 514 g/mol. The first-order valence-corrected chi connectivity index (χ1v) is 17.5. The van der Waals surface area contributed by atoms with Gasteiger partial charge < -0.3 is 10.0 Å². The summed E-state index contributed by atoms with van der Waals surface area (Å²) in [7, 11) is -1.27. The third-order valence-corrected chi connectivity index (χ3v) is 9.56. The zero-order valence-electron chi connectivity index (χ0n) is 25.3. The van der Waals surface area contributed by atoms with E-state index < -0.39 is 9.84 Å². The van der Waals surface area contributed by atoms with Gasteiger partial charge in [0.15, 0.2) is 9.84 Å². The van der Waals surface area contributed by atoms with Crippen LogP contribution < -0.4 is 4.90 Å². The molecule has 0 fully saturated rings. The first-order chi connectivity index (χ1) is 19.5. The Kier molecular flexibility index (Phi) is 17.7.